The molecule has 0 fully saturated rings. The zero-order valence-corrected chi connectivity index (χ0v) is 18.4. The van der Waals surface area contributed by atoms with Crippen molar-refractivity contribution < 1.29 is 9.21 Å². The molecule has 31 heavy (non-hydrogen) atoms. The van der Waals surface area contributed by atoms with Gasteiger partial charge in [0.25, 0.3) is 5.91 Å². The number of furan rings is 1. The fraction of sp³-hybridized carbons (Fsp3) is 0.208. The molecule has 0 bridgehead atoms. The molecular weight excluding hydrogens is 430 g/mol. The number of carbonyl (C=O) groups excluding carboxylic acids is 1. The standard InChI is InChI=1S/C24H18ClN3O2S/c1-14-6-7-16(25)11-19(14)21-9-8-17(30-21)10-15(12-26)23(29)28-24-20(13-27)18-4-2-3-5-22(18)31-24/h6-11H,2-5H2,1H3,(H,28,29)/b15-10+. The van der Waals surface area contributed by atoms with E-state index >= 15 is 0 Å². The van der Waals surface area contributed by atoms with Crippen molar-refractivity contribution >= 4 is 39.9 Å². The molecule has 0 radical (unpaired) electrons. The summed E-state index contributed by atoms with van der Waals surface area (Å²) in [5.41, 5.74) is 3.29. The zero-order valence-electron chi connectivity index (χ0n) is 16.8. The zero-order chi connectivity index (χ0) is 22.0. The van der Waals surface area contributed by atoms with Crippen molar-refractivity contribution in [1.29, 1.82) is 10.5 Å². The van der Waals surface area contributed by atoms with Gasteiger partial charge in [0.05, 0.1) is 5.56 Å². The molecule has 154 valence electrons. The van der Waals surface area contributed by atoms with Gasteiger partial charge in [0.1, 0.15) is 34.2 Å². The number of aryl methyl sites for hydroxylation is 2. The topological polar surface area (TPSA) is 89.8 Å². The fourth-order valence-corrected chi connectivity index (χ4v) is 5.08. The van der Waals surface area contributed by atoms with Gasteiger partial charge >= 0.3 is 0 Å². The number of rotatable bonds is 4. The normalized spacial score (nSPS) is 13.2. The van der Waals surface area contributed by atoms with Crippen LogP contribution >= 0.6 is 22.9 Å². The minimum Gasteiger partial charge on any atom is -0.457 e. The van der Waals surface area contributed by atoms with E-state index in [0.29, 0.717) is 27.1 Å². The number of anilines is 1. The van der Waals surface area contributed by atoms with E-state index in [2.05, 4.69) is 11.4 Å². The summed E-state index contributed by atoms with van der Waals surface area (Å²) >= 11 is 7.52. The summed E-state index contributed by atoms with van der Waals surface area (Å²) in [6.07, 6.45) is 5.30. The number of nitriles is 2. The number of fused-ring (bicyclic) bond motifs is 1. The van der Waals surface area contributed by atoms with Gasteiger partial charge in [-0.25, -0.2) is 0 Å². The summed E-state index contributed by atoms with van der Waals surface area (Å²) in [5.74, 6) is 0.420. The summed E-state index contributed by atoms with van der Waals surface area (Å²) in [6.45, 7) is 1.95. The SMILES string of the molecule is Cc1ccc(Cl)cc1-c1ccc(/C=C(\C#N)C(=O)Nc2sc3c(c2C#N)CCCC3)o1. The maximum absolute atomic E-state index is 12.7. The summed E-state index contributed by atoms with van der Waals surface area (Å²) in [6, 6.07) is 13.1. The lowest BCUT2D eigenvalue weighted by molar-refractivity contribution is -0.112. The first-order chi connectivity index (χ1) is 15.0. The summed E-state index contributed by atoms with van der Waals surface area (Å²) in [7, 11) is 0. The van der Waals surface area contributed by atoms with Crippen molar-refractivity contribution in [3.63, 3.8) is 0 Å². The highest BCUT2D eigenvalue weighted by molar-refractivity contribution is 7.16. The van der Waals surface area contributed by atoms with Gasteiger partial charge in [-0.2, -0.15) is 10.5 Å². The maximum atomic E-state index is 12.7. The maximum Gasteiger partial charge on any atom is 0.267 e. The van der Waals surface area contributed by atoms with E-state index < -0.39 is 5.91 Å². The average molecular weight is 448 g/mol. The first-order valence-corrected chi connectivity index (χ1v) is 11.0. The number of hydrogen-bond acceptors (Lipinski definition) is 5. The molecule has 0 saturated carbocycles. The van der Waals surface area contributed by atoms with Gasteiger partial charge in [-0.3, -0.25) is 4.79 Å². The average Bonchev–Trinajstić information content (AvgIpc) is 3.37. The second-order valence-corrected chi connectivity index (χ2v) is 8.85. The van der Waals surface area contributed by atoms with Gasteiger partial charge in [0, 0.05) is 21.5 Å². The van der Waals surface area contributed by atoms with Crippen LogP contribution < -0.4 is 5.32 Å². The molecule has 7 heteroatoms. The van der Waals surface area contributed by atoms with Crippen molar-refractivity contribution in [2.45, 2.75) is 32.6 Å². The Balaban J connectivity index is 1.59. The van der Waals surface area contributed by atoms with Crippen molar-refractivity contribution in [1.82, 2.24) is 0 Å². The van der Waals surface area contributed by atoms with Crippen LogP contribution in [0.25, 0.3) is 17.4 Å². The molecular formula is C24H18ClN3O2S. The van der Waals surface area contributed by atoms with Crippen molar-refractivity contribution in [2.24, 2.45) is 0 Å². The molecule has 0 spiro atoms. The Labute approximate surface area is 189 Å². The second kappa shape index (κ2) is 8.81. The molecule has 0 atom stereocenters. The van der Waals surface area contributed by atoms with Crippen LogP contribution in [-0.4, -0.2) is 5.91 Å². The summed E-state index contributed by atoms with van der Waals surface area (Å²) in [5, 5.41) is 22.9. The number of carbonyl (C=O) groups is 1. The van der Waals surface area contributed by atoms with E-state index in [-0.39, 0.29) is 5.57 Å². The van der Waals surface area contributed by atoms with Gasteiger partial charge in [0.15, 0.2) is 0 Å². The van der Waals surface area contributed by atoms with E-state index in [1.807, 2.05) is 25.1 Å². The Morgan fingerprint density at radius 2 is 2.03 bits per heavy atom. The highest BCUT2D eigenvalue weighted by Crippen LogP contribution is 2.38. The Bertz CT molecular complexity index is 1290. The van der Waals surface area contributed by atoms with E-state index in [1.54, 1.807) is 18.2 Å². The largest absolute Gasteiger partial charge is 0.457 e. The molecule has 2 heterocycles. The van der Waals surface area contributed by atoms with Crippen molar-refractivity contribution in [3.05, 3.63) is 68.3 Å². The van der Waals surface area contributed by atoms with Crippen molar-refractivity contribution in [2.75, 3.05) is 5.32 Å². The minimum atomic E-state index is -0.561. The van der Waals surface area contributed by atoms with E-state index in [9.17, 15) is 15.3 Å². The first kappa shape index (κ1) is 20.9. The van der Waals surface area contributed by atoms with Gasteiger partial charge < -0.3 is 9.73 Å². The van der Waals surface area contributed by atoms with Gasteiger partial charge in [-0.15, -0.1) is 11.3 Å². The molecule has 0 aliphatic heterocycles. The molecule has 0 saturated heterocycles. The Morgan fingerprint density at radius 1 is 1.23 bits per heavy atom. The number of thiophene rings is 1. The third kappa shape index (κ3) is 4.27. The van der Waals surface area contributed by atoms with E-state index in [1.165, 1.54) is 17.4 Å². The molecule has 2 aromatic heterocycles. The van der Waals surface area contributed by atoms with Crippen LogP contribution in [0.3, 0.4) is 0 Å². The Hall–Kier alpha value is -3.32. The van der Waals surface area contributed by atoms with Crippen LogP contribution in [0.15, 0.2) is 40.3 Å². The summed E-state index contributed by atoms with van der Waals surface area (Å²) in [4.78, 5) is 13.9. The van der Waals surface area contributed by atoms with Crippen LogP contribution in [0, 0.1) is 29.6 Å². The third-order valence-electron chi connectivity index (χ3n) is 5.25. The molecule has 0 unspecified atom stereocenters. The lowest BCUT2D eigenvalue weighted by Gasteiger charge is -2.09. The van der Waals surface area contributed by atoms with Crippen LogP contribution in [0.1, 0.15) is 40.2 Å². The van der Waals surface area contributed by atoms with Crippen LogP contribution in [0.5, 0.6) is 0 Å². The molecule has 1 aliphatic rings. The Kier molecular flexibility index (Phi) is 5.95. The second-order valence-electron chi connectivity index (χ2n) is 7.31. The highest BCUT2D eigenvalue weighted by Gasteiger charge is 2.23. The van der Waals surface area contributed by atoms with Gasteiger partial charge in [-0.1, -0.05) is 17.7 Å². The van der Waals surface area contributed by atoms with Gasteiger partial charge in [0.2, 0.25) is 0 Å². The third-order valence-corrected chi connectivity index (χ3v) is 6.70. The molecule has 1 aromatic carbocycles. The minimum absolute atomic E-state index is 0.0982. The highest BCUT2D eigenvalue weighted by atomic mass is 35.5. The van der Waals surface area contributed by atoms with Crippen LogP contribution in [0.2, 0.25) is 5.02 Å². The van der Waals surface area contributed by atoms with E-state index in [0.717, 1.165) is 47.3 Å². The molecule has 3 aromatic rings. The quantitative estimate of drug-likeness (QED) is 0.377. The predicted molar refractivity (Wildman–Crippen MR) is 122 cm³/mol. The first-order valence-electron chi connectivity index (χ1n) is 9.84. The predicted octanol–water partition coefficient (Wildman–Crippen LogP) is 6.27. The molecule has 1 amide bonds. The number of halogens is 1. The lowest BCUT2D eigenvalue weighted by atomic mass is 9.96. The van der Waals surface area contributed by atoms with Crippen LogP contribution in [-0.2, 0) is 17.6 Å². The molecule has 4 rings (SSSR count). The van der Waals surface area contributed by atoms with Gasteiger partial charge in [-0.05, 0) is 68.0 Å². The molecule has 5 nitrogen and oxygen atoms in total. The number of nitrogens with zero attached hydrogens (tertiary/aromatic N) is 2. The van der Waals surface area contributed by atoms with E-state index in [4.69, 9.17) is 16.0 Å². The van der Waals surface area contributed by atoms with Crippen LogP contribution in [0.4, 0.5) is 5.00 Å². The fourth-order valence-electron chi connectivity index (χ4n) is 3.67. The molecule has 1 N–H and O–H groups in total. The lowest BCUT2D eigenvalue weighted by Crippen LogP contribution is -2.13. The molecule has 1 aliphatic carbocycles. The number of nitrogens with one attached hydrogen (secondary N) is 1. The monoisotopic (exact) mass is 447 g/mol. The number of amides is 1. The number of benzene rings is 1. The smallest absolute Gasteiger partial charge is 0.267 e. The number of hydrogen-bond donors (Lipinski definition) is 1. The summed E-state index contributed by atoms with van der Waals surface area (Å²) < 4.78 is 5.83. The van der Waals surface area contributed by atoms with Crippen molar-refractivity contribution in [3.8, 4) is 23.5 Å². The Morgan fingerprint density at radius 3 is 2.81 bits per heavy atom.